The summed E-state index contributed by atoms with van der Waals surface area (Å²) < 4.78 is 5.99. The van der Waals surface area contributed by atoms with Crippen molar-refractivity contribution in [3.8, 4) is 0 Å². The van der Waals surface area contributed by atoms with Crippen LogP contribution in [0.5, 0.6) is 0 Å². The van der Waals surface area contributed by atoms with Crippen LogP contribution in [0.15, 0.2) is 59.4 Å². The van der Waals surface area contributed by atoms with E-state index < -0.39 is 10.8 Å². The highest BCUT2D eigenvalue weighted by Crippen LogP contribution is 2.44. The molecule has 0 spiro atoms. The molecule has 2 aliphatic carbocycles. The molecule has 0 bridgehead atoms. The number of unbranched alkanes of at least 4 members (excludes halogenated alkanes) is 1. The van der Waals surface area contributed by atoms with Crippen LogP contribution in [0, 0.1) is 16.7 Å². The van der Waals surface area contributed by atoms with Crippen LogP contribution in [0.1, 0.15) is 137 Å². The minimum absolute atomic E-state index is 0.0692. The number of hydrogen-bond acceptors (Lipinski definition) is 5. The molecule has 2 atom stereocenters. The SMILES string of the molecule is CCC1(CC)C(=O)C(CCCCNC(=O)CCC(C)COCCC(C)(C)C(=O)/C2=C/CCCCCCCC2)NC2=C/C=C\C=C/C=C21. The maximum absolute atomic E-state index is 13.7. The first-order chi connectivity index (χ1) is 22.6. The smallest absolute Gasteiger partial charge is 0.220 e. The number of ketones is 2. The fourth-order valence-electron chi connectivity index (χ4n) is 7.22. The number of allylic oxidation sites excluding steroid dienone is 9. The number of amides is 1. The molecule has 47 heavy (non-hydrogen) atoms. The largest absolute Gasteiger partial charge is 0.381 e. The molecule has 0 radical (unpaired) electrons. The maximum atomic E-state index is 13.7. The second-order valence-electron chi connectivity index (χ2n) is 14.7. The van der Waals surface area contributed by atoms with E-state index in [0.717, 1.165) is 74.6 Å². The number of nitrogens with one attached hydrogen (secondary N) is 2. The van der Waals surface area contributed by atoms with Gasteiger partial charge in [-0.3, -0.25) is 14.4 Å². The standard InChI is InChI=1S/C41H64N2O4/c1-6-41(7-2)34-23-17-13-14-18-24-35(34)43-36(39(41)46)25-19-20-29-42-37(44)27-26-32(3)31-47-30-28-40(4,5)38(45)33-21-15-11-9-8-10-12-16-22-33/h13-14,17-18,21,23-24,32,36,43H,6-12,15-16,19-20,22,25-31H2,1-5H3,(H,42,44)/b14-13?,17-13-,18-14-,23-17?,24-18?,33-21+,34-23?,35-24?. The van der Waals surface area contributed by atoms with Gasteiger partial charge in [-0.1, -0.05) is 96.8 Å². The predicted octanol–water partition coefficient (Wildman–Crippen LogP) is 9.04. The molecular formula is C41H64N2O4. The Balaban J connectivity index is 1.31. The van der Waals surface area contributed by atoms with Crippen LogP contribution in [0.4, 0.5) is 0 Å². The molecule has 0 saturated carbocycles. The third-order valence-corrected chi connectivity index (χ3v) is 10.6. The summed E-state index contributed by atoms with van der Waals surface area (Å²) in [6.45, 7) is 12.2. The molecule has 6 heteroatoms. The fourth-order valence-corrected chi connectivity index (χ4v) is 7.22. The van der Waals surface area contributed by atoms with Gasteiger partial charge in [0.15, 0.2) is 11.6 Å². The average Bonchev–Trinajstić information content (AvgIpc) is 3.05. The fraction of sp³-hybridized carbons (Fsp3) is 0.683. The molecule has 1 fully saturated rings. The summed E-state index contributed by atoms with van der Waals surface area (Å²) in [5.41, 5.74) is 2.30. The Hall–Kier alpha value is -2.73. The molecule has 1 aliphatic heterocycles. The lowest BCUT2D eigenvalue weighted by molar-refractivity contribution is -0.130. The monoisotopic (exact) mass is 648 g/mol. The molecule has 6 nitrogen and oxygen atoms in total. The summed E-state index contributed by atoms with van der Waals surface area (Å²) in [4.78, 5) is 39.6. The summed E-state index contributed by atoms with van der Waals surface area (Å²) in [5.74, 6) is 0.919. The Kier molecular flexibility index (Phi) is 16.4. The van der Waals surface area contributed by atoms with Crippen molar-refractivity contribution in [3.63, 3.8) is 0 Å². The van der Waals surface area contributed by atoms with Crippen LogP contribution in [-0.2, 0) is 19.1 Å². The number of carbonyl (C=O) groups is 3. The summed E-state index contributed by atoms with van der Waals surface area (Å²) >= 11 is 0. The van der Waals surface area contributed by atoms with Gasteiger partial charge in [0.2, 0.25) is 5.91 Å². The van der Waals surface area contributed by atoms with Crippen LogP contribution in [0.25, 0.3) is 0 Å². The van der Waals surface area contributed by atoms with Gasteiger partial charge in [0, 0.05) is 37.3 Å². The third-order valence-electron chi connectivity index (χ3n) is 10.6. The second kappa shape index (κ2) is 19.9. The zero-order valence-corrected chi connectivity index (χ0v) is 30.3. The lowest BCUT2D eigenvalue weighted by Crippen LogP contribution is -2.53. The highest BCUT2D eigenvalue weighted by molar-refractivity contribution is 5.99. The Labute approximate surface area is 286 Å². The van der Waals surface area contributed by atoms with Crippen molar-refractivity contribution < 1.29 is 19.1 Å². The minimum Gasteiger partial charge on any atom is -0.381 e. The maximum Gasteiger partial charge on any atom is 0.220 e. The van der Waals surface area contributed by atoms with Gasteiger partial charge in [-0.05, 0) is 93.8 Å². The number of Topliss-reactive ketones (excluding diaryl/α,β-unsaturated/α-hetero) is 2. The zero-order valence-electron chi connectivity index (χ0n) is 30.3. The summed E-state index contributed by atoms with van der Waals surface area (Å²) in [6.07, 6.45) is 29.8. The van der Waals surface area contributed by atoms with Crippen molar-refractivity contribution in [1.29, 1.82) is 0 Å². The third kappa shape index (κ3) is 11.7. The number of piperidine rings is 1. The normalized spacial score (nSPS) is 23.3. The summed E-state index contributed by atoms with van der Waals surface area (Å²) in [6, 6.07) is -0.205. The minimum atomic E-state index is -0.454. The van der Waals surface area contributed by atoms with Crippen LogP contribution in [0.2, 0.25) is 0 Å². The van der Waals surface area contributed by atoms with Crippen molar-refractivity contribution in [2.24, 2.45) is 16.7 Å². The van der Waals surface area contributed by atoms with Crippen LogP contribution >= 0.6 is 0 Å². The van der Waals surface area contributed by atoms with Crippen LogP contribution < -0.4 is 10.6 Å². The first-order valence-electron chi connectivity index (χ1n) is 18.8. The first-order valence-corrected chi connectivity index (χ1v) is 18.8. The molecule has 0 aromatic heterocycles. The van der Waals surface area contributed by atoms with Gasteiger partial charge in [-0.15, -0.1) is 0 Å². The highest BCUT2D eigenvalue weighted by atomic mass is 16.5. The van der Waals surface area contributed by atoms with E-state index in [4.69, 9.17) is 4.74 Å². The second-order valence-corrected chi connectivity index (χ2v) is 14.7. The molecule has 3 aliphatic rings. The Morgan fingerprint density at radius 3 is 2.45 bits per heavy atom. The number of ether oxygens (including phenoxy) is 1. The topological polar surface area (TPSA) is 84.5 Å². The Morgan fingerprint density at radius 1 is 1.00 bits per heavy atom. The number of hydrogen-bond donors (Lipinski definition) is 2. The van der Waals surface area contributed by atoms with Crippen LogP contribution in [-0.4, -0.2) is 43.3 Å². The number of carbonyl (C=O) groups excluding carboxylic acids is 3. The summed E-state index contributed by atoms with van der Waals surface area (Å²) in [7, 11) is 0. The van der Waals surface area contributed by atoms with E-state index >= 15 is 0 Å². The number of rotatable bonds is 17. The molecule has 262 valence electrons. The number of fused-ring (bicyclic) bond motifs is 1. The van der Waals surface area contributed by atoms with Gasteiger partial charge >= 0.3 is 0 Å². The molecule has 1 amide bonds. The molecule has 1 heterocycles. The van der Waals surface area contributed by atoms with Gasteiger partial charge in [-0.2, -0.15) is 0 Å². The van der Waals surface area contributed by atoms with Crippen molar-refractivity contribution in [1.82, 2.24) is 10.6 Å². The zero-order chi connectivity index (χ0) is 34.1. The van der Waals surface area contributed by atoms with Gasteiger partial charge in [-0.25, -0.2) is 0 Å². The van der Waals surface area contributed by atoms with E-state index in [9.17, 15) is 14.4 Å². The highest BCUT2D eigenvalue weighted by Gasteiger charge is 2.46. The van der Waals surface area contributed by atoms with Crippen LogP contribution in [0.3, 0.4) is 0 Å². The van der Waals surface area contributed by atoms with Gasteiger partial charge < -0.3 is 15.4 Å². The lowest BCUT2D eigenvalue weighted by atomic mass is 9.65. The molecule has 1 saturated heterocycles. The van der Waals surface area contributed by atoms with E-state index in [2.05, 4.69) is 63.5 Å². The van der Waals surface area contributed by atoms with Gasteiger partial charge in [0.05, 0.1) is 11.5 Å². The van der Waals surface area contributed by atoms with E-state index in [1.165, 1.54) is 32.1 Å². The molecule has 0 aromatic carbocycles. The molecule has 2 N–H and O–H groups in total. The van der Waals surface area contributed by atoms with E-state index in [1.807, 2.05) is 24.3 Å². The van der Waals surface area contributed by atoms with E-state index in [-0.39, 0.29) is 29.4 Å². The molecule has 0 aromatic rings. The molecule has 2 unspecified atom stereocenters. The first kappa shape index (κ1) is 38.7. The van der Waals surface area contributed by atoms with E-state index in [1.54, 1.807) is 0 Å². The van der Waals surface area contributed by atoms with Gasteiger partial charge in [0.25, 0.3) is 0 Å². The Bertz CT molecular complexity index is 1180. The van der Waals surface area contributed by atoms with Crippen molar-refractivity contribution in [2.45, 2.75) is 143 Å². The lowest BCUT2D eigenvalue weighted by Gasteiger charge is -2.43. The van der Waals surface area contributed by atoms with E-state index in [0.29, 0.717) is 32.6 Å². The Morgan fingerprint density at radius 2 is 1.70 bits per heavy atom. The molecule has 3 rings (SSSR count). The van der Waals surface area contributed by atoms with Crippen molar-refractivity contribution in [3.05, 3.63) is 59.4 Å². The summed E-state index contributed by atoms with van der Waals surface area (Å²) in [5, 5.41) is 6.59. The predicted molar refractivity (Wildman–Crippen MR) is 194 cm³/mol. The quantitative estimate of drug-likeness (QED) is 0.154. The van der Waals surface area contributed by atoms with Crippen molar-refractivity contribution >= 4 is 17.5 Å². The van der Waals surface area contributed by atoms with Crippen molar-refractivity contribution in [2.75, 3.05) is 19.8 Å². The van der Waals surface area contributed by atoms with Gasteiger partial charge in [0.1, 0.15) is 0 Å². The molecular weight excluding hydrogens is 584 g/mol. The average molecular weight is 649 g/mol.